The zero-order valence-electron chi connectivity index (χ0n) is 15.3. The van der Waals surface area contributed by atoms with Crippen LogP contribution in [0.15, 0.2) is 50.5 Å². The summed E-state index contributed by atoms with van der Waals surface area (Å²) in [6.07, 6.45) is 0. The molecule has 2 aromatic carbocycles. The SMILES string of the molecule is COc1ccc(OC)c(C(C)NS(=O)(=O)c2ccc3c(c2)oc(=O)n3C)c1. The van der Waals surface area contributed by atoms with Gasteiger partial charge in [0.1, 0.15) is 11.5 Å². The number of rotatable bonds is 6. The van der Waals surface area contributed by atoms with Gasteiger partial charge in [-0.3, -0.25) is 4.57 Å². The molecule has 0 aliphatic rings. The molecule has 0 fully saturated rings. The zero-order chi connectivity index (χ0) is 19.8. The third-order valence-corrected chi connectivity index (χ3v) is 5.85. The monoisotopic (exact) mass is 392 g/mol. The fraction of sp³-hybridized carbons (Fsp3) is 0.278. The maximum absolute atomic E-state index is 12.8. The second-order valence-corrected chi connectivity index (χ2v) is 7.72. The summed E-state index contributed by atoms with van der Waals surface area (Å²) in [5.41, 5.74) is 1.35. The average Bonchev–Trinajstić information content (AvgIpc) is 2.94. The minimum atomic E-state index is -3.86. The van der Waals surface area contributed by atoms with Crippen LogP contribution in [0.1, 0.15) is 18.5 Å². The lowest BCUT2D eigenvalue weighted by Gasteiger charge is -2.18. The Morgan fingerprint density at radius 1 is 1.11 bits per heavy atom. The van der Waals surface area contributed by atoms with Crippen LogP contribution in [-0.4, -0.2) is 27.2 Å². The number of benzene rings is 2. The molecule has 0 amide bonds. The van der Waals surface area contributed by atoms with Crippen molar-refractivity contribution < 1.29 is 22.3 Å². The summed E-state index contributed by atoms with van der Waals surface area (Å²) >= 11 is 0. The van der Waals surface area contributed by atoms with Crippen molar-refractivity contribution in [3.05, 3.63) is 52.5 Å². The highest BCUT2D eigenvalue weighted by atomic mass is 32.2. The van der Waals surface area contributed by atoms with Crippen molar-refractivity contribution in [1.29, 1.82) is 0 Å². The summed E-state index contributed by atoms with van der Waals surface area (Å²) in [6.45, 7) is 1.70. The van der Waals surface area contributed by atoms with Crippen molar-refractivity contribution in [1.82, 2.24) is 9.29 Å². The van der Waals surface area contributed by atoms with Crippen LogP contribution in [0.5, 0.6) is 11.5 Å². The zero-order valence-corrected chi connectivity index (χ0v) is 16.2. The number of hydrogen-bond donors (Lipinski definition) is 1. The predicted octanol–water partition coefficient (Wildman–Crippen LogP) is 2.19. The molecule has 144 valence electrons. The molecule has 8 nitrogen and oxygen atoms in total. The number of aromatic nitrogens is 1. The van der Waals surface area contributed by atoms with E-state index in [4.69, 9.17) is 13.9 Å². The van der Waals surface area contributed by atoms with Gasteiger partial charge in [-0.15, -0.1) is 0 Å². The molecular weight excluding hydrogens is 372 g/mol. The van der Waals surface area contributed by atoms with E-state index >= 15 is 0 Å². The highest BCUT2D eigenvalue weighted by Gasteiger charge is 2.22. The van der Waals surface area contributed by atoms with Crippen molar-refractivity contribution in [2.24, 2.45) is 7.05 Å². The Morgan fingerprint density at radius 2 is 1.85 bits per heavy atom. The molecule has 1 atom stereocenters. The lowest BCUT2D eigenvalue weighted by atomic mass is 10.1. The largest absolute Gasteiger partial charge is 0.497 e. The van der Waals surface area contributed by atoms with Gasteiger partial charge in [-0.1, -0.05) is 0 Å². The van der Waals surface area contributed by atoms with Gasteiger partial charge in [0.15, 0.2) is 5.58 Å². The third-order valence-electron chi connectivity index (χ3n) is 4.31. The third kappa shape index (κ3) is 3.56. The second-order valence-electron chi connectivity index (χ2n) is 6.01. The van der Waals surface area contributed by atoms with E-state index in [1.165, 1.54) is 37.0 Å². The van der Waals surface area contributed by atoms with E-state index in [0.29, 0.717) is 22.6 Å². The summed E-state index contributed by atoms with van der Waals surface area (Å²) in [5, 5.41) is 0. The van der Waals surface area contributed by atoms with Crippen molar-refractivity contribution in [2.45, 2.75) is 17.9 Å². The predicted molar refractivity (Wildman–Crippen MR) is 99.7 cm³/mol. The van der Waals surface area contributed by atoms with E-state index in [-0.39, 0.29) is 10.5 Å². The number of nitrogens with zero attached hydrogens (tertiary/aromatic N) is 1. The minimum absolute atomic E-state index is 0.00179. The maximum Gasteiger partial charge on any atom is 0.419 e. The fourth-order valence-corrected chi connectivity index (χ4v) is 4.06. The molecule has 0 bridgehead atoms. The molecule has 3 rings (SSSR count). The van der Waals surface area contributed by atoms with Gasteiger partial charge in [0.2, 0.25) is 10.0 Å². The van der Waals surface area contributed by atoms with Crippen LogP contribution < -0.4 is 20.0 Å². The van der Waals surface area contributed by atoms with Gasteiger partial charge in [0, 0.05) is 24.7 Å². The molecule has 0 radical (unpaired) electrons. The quantitative estimate of drug-likeness (QED) is 0.690. The van der Waals surface area contributed by atoms with Gasteiger partial charge in [0.05, 0.1) is 24.6 Å². The Morgan fingerprint density at radius 3 is 2.52 bits per heavy atom. The molecule has 0 aliphatic heterocycles. The molecular formula is C18H20N2O6S. The second kappa shape index (κ2) is 7.09. The van der Waals surface area contributed by atoms with Gasteiger partial charge in [-0.2, -0.15) is 0 Å². The van der Waals surface area contributed by atoms with Gasteiger partial charge < -0.3 is 13.9 Å². The Hall–Kier alpha value is -2.78. The number of sulfonamides is 1. The average molecular weight is 392 g/mol. The highest BCUT2D eigenvalue weighted by molar-refractivity contribution is 7.89. The van der Waals surface area contributed by atoms with Crippen LogP contribution in [0.3, 0.4) is 0 Å². The Kier molecular flexibility index (Phi) is 4.99. The molecule has 0 aliphatic carbocycles. The van der Waals surface area contributed by atoms with Crippen LogP contribution in [0.25, 0.3) is 11.1 Å². The van der Waals surface area contributed by atoms with E-state index in [1.54, 1.807) is 32.2 Å². The molecule has 0 saturated carbocycles. The van der Waals surface area contributed by atoms with E-state index in [1.807, 2.05) is 0 Å². The van der Waals surface area contributed by atoms with E-state index in [0.717, 1.165) is 0 Å². The van der Waals surface area contributed by atoms with Crippen LogP contribution in [-0.2, 0) is 17.1 Å². The number of hydrogen-bond acceptors (Lipinski definition) is 6. The van der Waals surface area contributed by atoms with E-state index in [2.05, 4.69) is 4.72 Å². The lowest BCUT2D eigenvalue weighted by Crippen LogP contribution is -2.27. The molecule has 1 N–H and O–H groups in total. The first-order valence-electron chi connectivity index (χ1n) is 8.10. The molecule has 1 unspecified atom stereocenters. The number of methoxy groups -OCH3 is 2. The van der Waals surface area contributed by atoms with Crippen LogP contribution in [0, 0.1) is 0 Å². The molecule has 27 heavy (non-hydrogen) atoms. The number of fused-ring (bicyclic) bond motifs is 1. The Bertz CT molecular complexity index is 1150. The highest BCUT2D eigenvalue weighted by Crippen LogP contribution is 2.30. The van der Waals surface area contributed by atoms with Crippen LogP contribution >= 0.6 is 0 Å². The Balaban J connectivity index is 1.95. The molecule has 1 heterocycles. The van der Waals surface area contributed by atoms with Crippen molar-refractivity contribution >= 4 is 21.1 Å². The van der Waals surface area contributed by atoms with Crippen molar-refractivity contribution in [3.8, 4) is 11.5 Å². The smallest absolute Gasteiger partial charge is 0.419 e. The first-order chi connectivity index (χ1) is 12.8. The number of ether oxygens (including phenoxy) is 2. The fourth-order valence-electron chi connectivity index (χ4n) is 2.82. The van der Waals surface area contributed by atoms with E-state index < -0.39 is 21.8 Å². The summed E-state index contributed by atoms with van der Waals surface area (Å²) in [5.74, 6) is 0.571. The molecule has 9 heteroatoms. The van der Waals surface area contributed by atoms with Gasteiger partial charge >= 0.3 is 5.76 Å². The number of aryl methyl sites for hydroxylation is 1. The van der Waals surface area contributed by atoms with Crippen LogP contribution in [0.4, 0.5) is 0 Å². The van der Waals surface area contributed by atoms with Gasteiger partial charge in [-0.25, -0.2) is 17.9 Å². The molecule has 3 aromatic rings. The standard InChI is InChI=1S/C18H20N2O6S/c1-11(14-9-12(24-3)5-8-16(14)25-4)19-27(22,23)13-6-7-15-17(10-13)26-18(21)20(15)2/h5-11,19H,1-4H3. The lowest BCUT2D eigenvalue weighted by molar-refractivity contribution is 0.395. The van der Waals surface area contributed by atoms with Crippen LogP contribution in [0.2, 0.25) is 0 Å². The van der Waals surface area contributed by atoms with Gasteiger partial charge in [0.25, 0.3) is 0 Å². The molecule has 1 aromatic heterocycles. The maximum atomic E-state index is 12.8. The summed E-state index contributed by atoms with van der Waals surface area (Å²) in [7, 11) is 0.731. The first kappa shape index (κ1) is 19.0. The van der Waals surface area contributed by atoms with Crippen molar-refractivity contribution in [2.75, 3.05) is 14.2 Å². The summed E-state index contributed by atoms with van der Waals surface area (Å²) in [6, 6.07) is 8.86. The van der Waals surface area contributed by atoms with Gasteiger partial charge in [-0.05, 0) is 37.3 Å². The summed E-state index contributed by atoms with van der Waals surface area (Å²) < 4.78 is 45.1. The first-order valence-corrected chi connectivity index (χ1v) is 9.59. The summed E-state index contributed by atoms with van der Waals surface area (Å²) in [4.78, 5) is 11.6. The normalized spacial score (nSPS) is 12.9. The number of oxazole rings is 1. The molecule has 0 saturated heterocycles. The van der Waals surface area contributed by atoms with E-state index in [9.17, 15) is 13.2 Å². The topological polar surface area (TPSA) is 99.8 Å². The Labute approximate surface area is 156 Å². The molecule has 0 spiro atoms. The van der Waals surface area contributed by atoms with Crippen molar-refractivity contribution in [3.63, 3.8) is 0 Å². The number of nitrogens with one attached hydrogen (secondary N) is 1. The minimum Gasteiger partial charge on any atom is -0.497 e.